The molecule has 6 nitrogen and oxygen atoms in total. The van der Waals surface area contributed by atoms with Crippen molar-refractivity contribution in [1.29, 1.82) is 0 Å². The van der Waals surface area contributed by atoms with E-state index in [2.05, 4.69) is 15.4 Å². The summed E-state index contributed by atoms with van der Waals surface area (Å²) in [5.41, 5.74) is 2.43. The van der Waals surface area contributed by atoms with Gasteiger partial charge in [-0.15, -0.1) is 5.10 Å². The molecule has 1 amide bonds. The second kappa shape index (κ2) is 4.41. The fourth-order valence-corrected chi connectivity index (χ4v) is 1.88. The van der Waals surface area contributed by atoms with E-state index in [0.717, 1.165) is 11.3 Å². The van der Waals surface area contributed by atoms with Crippen LogP contribution in [0, 0.1) is 0 Å². The molecule has 0 fully saturated rings. The quantitative estimate of drug-likeness (QED) is 0.736. The Kier molecular flexibility index (Phi) is 2.60. The number of hydrogen-bond donors (Lipinski definition) is 2. The molecule has 0 aliphatic heterocycles. The minimum atomic E-state index is -1.18. The number of benzene rings is 1. The van der Waals surface area contributed by atoms with Crippen molar-refractivity contribution in [2.24, 2.45) is 0 Å². The third-order valence-corrected chi connectivity index (χ3v) is 2.65. The minimum Gasteiger partial charge on any atom is -0.465 e. The summed E-state index contributed by atoms with van der Waals surface area (Å²) in [7, 11) is 0. The molecule has 0 saturated heterocycles. The van der Waals surface area contributed by atoms with Crippen molar-refractivity contribution < 1.29 is 9.90 Å². The Morgan fingerprint density at radius 1 is 1.11 bits per heavy atom. The highest BCUT2D eigenvalue weighted by atomic mass is 16.4. The minimum absolute atomic E-state index is 0.0656. The van der Waals surface area contributed by atoms with Gasteiger partial charge >= 0.3 is 6.09 Å². The first-order valence-corrected chi connectivity index (χ1v) is 5.65. The second-order valence-corrected chi connectivity index (χ2v) is 3.91. The molecule has 94 valence electrons. The smallest absolute Gasteiger partial charge is 0.411 e. The third-order valence-electron chi connectivity index (χ3n) is 2.65. The Hall–Kier alpha value is -2.89. The molecular weight excluding hydrogens is 244 g/mol. The summed E-state index contributed by atoms with van der Waals surface area (Å²) >= 11 is 0. The van der Waals surface area contributed by atoms with Gasteiger partial charge in [0.25, 0.3) is 5.95 Å². The van der Waals surface area contributed by atoms with E-state index in [9.17, 15) is 4.79 Å². The number of aromatic nitrogens is 3. The molecule has 0 aliphatic rings. The van der Waals surface area contributed by atoms with E-state index in [-0.39, 0.29) is 5.95 Å². The molecule has 0 radical (unpaired) electrons. The summed E-state index contributed by atoms with van der Waals surface area (Å²) in [6.45, 7) is 0. The summed E-state index contributed by atoms with van der Waals surface area (Å²) in [6, 6.07) is 15.2. The van der Waals surface area contributed by atoms with Gasteiger partial charge in [0.15, 0.2) is 5.65 Å². The van der Waals surface area contributed by atoms with Crippen molar-refractivity contribution >= 4 is 17.7 Å². The summed E-state index contributed by atoms with van der Waals surface area (Å²) < 4.78 is 1.61. The van der Waals surface area contributed by atoms with Crippen LogP contribution in [0.25, 0.3) is 16.9 Å². The highest BCUT2D eigenvalue weighted by molar-refractivity contribution is 5.80. The van der Waals surface area contributed by atoms with Gasteiger partial charge in [0, 0.05) is 5.56 Å². The van der Waals surface area contributed by atoms with Crippen LogP contribution in [0.15, 0.2) is 48.5 Å². The lowest BCUT2D eigenvalue weighted by atomic mass is 10.1. The maximum Gasteiger partial charge on any atom is 0.411 e. The highest BCUT2D eigenvalue weighted by Gasteiger charge is 2.09. The van der Waals surface area contributed by atoms with Crippen LogP contribution < -0.4 is 5.32 Å². The second-order valence-electron chi connectivity index (χ2n) is 3.91. The van der Waals surface area contributed by atoms with Crippen molar-refractivity contribution in [2.45, 2.75) is 0 Å². The van der Waals surface area contributed by atoms with E-state index in [1.165, 1.54) is 0 Å². The van der Waals surface area contributed by atoms with Crippen molar-refractivity contribution in [3.63, 3.8) is 0 Å². The maximum atomic E-state index is 10.6. The zero-order chi connectivity index (χ0) is 13.2. The zero-order valence-electron chi connectivity index (χ0n) is 9.82. The van der Waals surface area contributed by atoms with Crippen LogP contribution in [0.1, 0.15) is 0 Å². The predicted octanol–water partition coefficient (Wildman–Crippen LogP) is 2.49. The van der Waals surface area contributed by atoms with Crippen molar-refractivity contribution in [1.82, 2.24) is 14.6 Å². The van der Waals surface area contributed by atoms with Crippen LogP contribution in [-0.2, 0) is 0 Å². The SMILES string of the molecule is O=C(O)Nc1nc2cccc(-c3ccccc3)n2n1. The average Bonchev–Trinajstić information content (AvgIpc) is 2.80. The standard InChI is InChI=1S/C13H10N4O2/c18-13(19)15-12-14-11-8-4-7-10(17(11)16-12)9-5-2-1-3-6-9/h1-8H,(H,15,16)(H,18,19). The molecule has 0 unspecified atom stereocenters. The Morgan fingerprint density at radius 3 is 2.63 bits per heavy atom. The summed E-state index contributed by atoms with van der Waals surface area (Å²) in [6.07, 6.45) is -1.18. The summed E-state index contributed by atoms with van der Waals surface area (Å²) in [5.74, 6) is 0.0656. The molecule has 19 heavy (non-hydrogen) atoms. The molecule has 2 aromatic heterocycles. The Bertz CT molecular complexity index is 737. The zero-order valence-corrected chi connectivity index (χ0v) is 9.82. The molecular formula is C13H10N4O2. The van der Waals surface area contributed by atoms with E-state index < -0.39 is 6.09 Å². The number of carbonyl (C=O) groups is 1. The summed E-state index contributed by atoms with van der Waals surface area (Å²) in [5, 5.41) is 15.0. The normalized spacial score (nSPS) is 10.5. The molecule has 0 saturated carbocycles. The van der Waals surface area contributed by atoms with Crippen LogP contribution in [0.2, 0.25) is 0 Å². The Morgan fingerprint density at radius 2 is 1.89 bits per heavy atom. The number of fused-ring (bicyclic) bond motifs is 1. The van der Waals surface area contributed by atoms with Gasteiger partial charge in [0.1, 0.15) is 0 Å². The third kappa shape index (κ3) is 2.11. The van der Waals surface area contributed by atoms with Crippen LogP contribution in [0.5, 0.6) is 0 Å². The number of hydrogen-bond acceptors (Lipinski definition) is 3. The average molecular weight is 254 g/mol. The monoisotopic (exact) mass is 254 g/mol. The molecule has 2 N–H and O–H groups in total. The summed E-state index contributed by atoms with van der Waals surface area (Å²) in [4.78, 5) is 14.7. The number of nitrogens with one attached hydrogen (secondary N) is 1. The van der Waals surface area contributed by atoms with Gasteiger partial charge in [0.2, 0.25) is 0 Å². The van der Waals surface area contributed by atoms with Crippen molar-refractivity contribution in [3.8, 4) is 11.3 Å². The van der Waals surface area contributed by atoms with E-state index in [4.69, 9.17) is 5.11 Å². The van der Waals surface area contributed by atoms with E-state index in [1.54, 1.807) is 10.6 Å². The molecule has 0 atom stereocenters. The lowest BCUT2D eigenvalue weighted by Gasteiger charge is -2.03. The molecule has 3 aromatic rings. The Balaban J connectivity index is 2.15. The molecule has 0 spiro atoms. The number of pyridine rings is 1. The van der Waals surface area contributed by atoms with Gasteiger partial charge in [-0.2, -0.15) is 4.98 Å². The molecule has 0 bridgehead atoms. The molecule has 3 rings (SSSR count). The van der Waals surface area contributed by atoms with Gasteiger partial charge in [-0.3, -0.25) is 5.32 Å². The van der Waals surface area contributed by atoms with Crippen LogP contribution >= 0.6 is 0 Å². The number of amides is 1. The van der Waals surface area contributed by atoms with Crippen LogP contribution in [-0.4, -0.2) is 25.8 Å². The first-order chi connectivity index (χ1) is 9.24. The largest absolute Gasteiger partial charge is 0.465 e. The maximum absolute atomic E-state index is 10.6. The molecule has 1 aromatic carbocycles. The highest BCUT2D eigenvalue weighted by Crippen LogP contribution is 2.20. The molecule has 0 aliphatic carbocycles. The van der Waals surface area contributed by atoms with Gasteiger partial charge in [-0.1, -0.05) is 36.4 Å². The molecule has 2 heterocycles. The van der Waals surface area contributed by atoms with Gasteiger partial charge < -0.3 is 5.11 Å². The molecule has 6 heteroatoms. The van der Waals surface area contributed by atoms with E-state index >= 15 is 0 Å². The van der Waals surface area contributed by atoms with Crippen LogP contribution in [0.4, 0.5) is 10.7 Å². The van der Waals surface area contributed by atoms with E-state index in [1.807, 2.05) is 42.5 Å². The lowest BCUT2D eigenvalue weighted by Crippen LogP contribution is -2.08. The number of carboxylic acid groups (broad SMARTS) is 1. The van der Waals surface area contributed by atoms with Gasteiger partial charge in [0.05, 0.1) is 5.69 Å². The predicted molar refractivity (Wildman–Crippen MR) is 70.1 cm³/mol. The van der Waals surface area contributed by atoms with Gasteiger partial charge in [-0.05, 0) is 12.1 Å². The fraction of sp³-hybridized carbons (Fsp3) is 0. The fourth-order valence-electron chi connectivity index (χ4n) is 1.88. The van der Waals surface area contributed by atoms with Crippen molar-refractivity contribution in [3.05, 3.63) is 48.5 Å². The van der Waals surface area contributed by atoms with Gasteiger partial charge in [-0.25, -0.2) is 9.31 Å². The van der Waals surface area contributed by atoms with Crippen LogP contribution in [0.3, 0.4) is 0 Å². The van der Waals surface area contributed by atoms with E-state index in [0.29, 0.717) is 5.65 Å². The Labute approximate surface area is 108 Å². The number of anilines is 1. The number of rotatable bonds is 2. The topological polar surface area (TPSA) is 79.5 Å². The number of nitrogens with zero attached hydrogens (tertiary/aromatic N) is 3. The first-order valence-electron chi connectivity index (χ1n) is 5.65. The first kappa shape index (κ1) is 11.2. The van der Waals surface area contributed by atoms with Crippen molar-refractivity contribution in [2.75, 3.05) is 5.32 Å². The lowest BCUT2D eigenvalue weighted by molar-refractivity contribution is 0.209.